The number of aliphatic carboxylic acids is 1. The van der Waals surface area contributed by atoms with E-state index in [0.717, 1.165) is 0 Å². The maximum atomic E-state index is 12.3. The highest BCUT2D eigenvalue weighted by molar-refractivity contribution is 5.97. The van der Waals surface area contributed by atoms with Gasteiger partial charge in [0.25, 0.3) is 5.91 Å². The molecule has 8 nitrogen and oxygen atoms in total. The molecule has 2 N–H and O–H groups in total. The first-order valence-corrected chi connectivity index (χ1v) is 8.00. The third-order valence-corrected chi connectivity index (χ3v) is 3.59. The largest absolute Gasteiger partial charge is 0.496 e. The van der Waals surface area contributed by atoms with Crippen LogP contribution in [0.15, 0.2) is 47.6 Å². The molecule has 1 unspecified atom stereocenters. The lowest BCUT2D eigenvalue weighted by molar-refractivity contribution is -0.144. The van der Waals surface area contributed by atoms with Crippen molar-refractivity contribution in [2.24, 2.45) is 5.10 Å². The van der Waals surface area contributed by atoms with Gasteiger partial charge in [0.05, 0.1) is 26.0 Å². The van der Waals surface area contributed by atoms with Gasteiger partial charge in [-0.25, -0.2) is 10.2 Å². The van der Waals surface area contributed by atoms with E-state index in [1.807, 2.05) is 0 Å². The van der Waals surface area contributed by atoms with Gasteiger partial charge in [-0.05, 0) is 31.2 Å². The van der Waals surface area contributed by atoms with Crippen LogP contribution in [0.25, 0.3) is 0 Å². The lowest BCUT2D eigenvalue weighted by atomic mass is 10.2. The molecule has 0 saturated heterocycles. The van der Waals surface area contributed by atoms with Crippen molar-refractivity contribution >= 4 is 18.1 Å². The zero-order valence-electron chi connectivity index (χ0n) is 15.1. The molecule has 0 spiro atoms. The van der Waals surface area contributed by atoms with Gasteiger partial charge in [-0.3, -0.25) is 4.79 Å². The monoisotopic (exact) mass is 372 g/mol. The van der Waals surface area contributed by atoms with Crippen LogP contribution >= 0.6 is 0 Å². The number of hydrazone groups is 1. The molecule has 142 valence electrons. The SMILES string of the molecule is COc1ccccc1C(=O)N/N=C/c1cccc(OC)c1OC(C)C(=O)O. The van der Waals surface area contributed by atoms with Gasteiger partial charge in [0.1, 0.15) is 5.75 Å². The predicted molar refractivity (Wildman–Crippen MR) is 98.8 cm³/mol. The molecule has 1 atom stereocenters. The molecule has 8 heteroatoms. The summed E-state index contributed by atoms with van der Waals surface area (Å²) in [7, 11) is 2.91. The lowest BCUT2D eigenvalue weighted by Crippen LogP contribution is -2.24. The van der Waals surface area contributed by atoms with Gasteiger partial charge >= 0.3 is 5.97 Å². The number of rotatable bonds is 8. The van der Waals surface area contributed by atoms with Crippen molar-refractivity contribution in [2.75, 3.05) is 14.2 Å². The Morgan fingerprint density at radius 3 is 2.41 bits per heavy atom. The number of nitrogens with zero attached hydrogens (tertiary/aromatic N) is 1. The van der Waals surface area contributed by atoms with Gasteiger partial charge in [-0.15, -0.1) is 0 Å². The minimum atomic E-state index is -1.12. The highest BCUT2D eigenvalue weighted by Gasteiger charge is 2.18. The third-order valence-electron chi connectivity index (χ3n) is 3.59. The first-order valence-electron chi connectivity index (χ1n) is 8.00. The molecule has 0 aromatic heterocycles. The van der Waals surface area contributed by atoms with Gasteiger partial charge in [0.15, 0.2) is 17.6 Å². The average Bonchev–Trinajstić information content (AvgIpc) is 2.68. The summed E-state index contributed by atoms with van der Waals surface area (Å²) in [5.41, 5.74) is 3.18. The van der Waals surface area contributed by atoms with E-state index in [9.17, 15) is 9.59 Å². The Morgan fingerprint density at radius 2 is 1.74 bits per heavy atom. The first kappa shape index (κ1) is 19.8. The molecule has 2 rings (SSSR count). The van der Waals surface area contributed by atoms with E-state index in [-0.39, 0.29) is 5.75 Å². The van der Waals surface area contributed by atoms with Crippen LogP contribution in [0.5, 0.6) is 17.2 Å². The second-order valence-electron chi connectivity index (χ2n) is 5.38. The molecule has 0 bridgehead atoms. The molecule has 2 aromatic rings. The van der Waals surface area contributed by atoms with Crippen LogP contribution in [0.1, 0.15) is 22.8 Å². The quantitative estimate of drug-likeness (QED) is 0.544. The maximum Gasteiger partial charge on any atom is 0.344 e. The molecule has 0 saturated carbocycles. The van der Waals surface area contributed by atoms with E-state index >= 15 is 0 Å². The van der Waals surface area contributed by atoms with Crippen LogP contribution in [0.2, 0.25) is 0 Å². The molecule has 0 fully saturated rings. The molecular weight excluding hydrogens is 352 g/mol. The fraction of sp³-hybridized carbons (Fsp3) is 0.211. The van der Waals surface area contributed by atoms with Gasteiger partial charge in [-0.2, -0.15) is 5.10 Å². The summed E-state index contributed by atoms with van der Waals surface area (Å²) in [5, 5.41) is 13.0. The Kier molecular flexibility index (Phi) is 6.76. The first-order chi connectivity index (χ1) is 13.0. The molecule has 0 aliphatic carbocycles. The number of hydrogen-bond acceptors (Lipinski definition) is 6. The van der Waals surface area contributed by atoms with Gasteiger partial charge in [0.2, 0.25) is 0 Å². The molecule has 27 heavy (non-hydrogen) atoms. The van der Waals surface area contributed by atoms with E-state index in [4.69, 9.17) is 19.3 Å². The van der Waals surface area contributed by atoms with Gasteiger partial charge in [-0.1, -0.05) is 18.2 Å². The highest BCUT2D eigenvalue weighted by Crippen LogP contribution is 2.31. The second-order valence-corrected chi connectivity index (χ2v) is 5.38. The Morgan fingerprint density at radius 1 is 1.07 bits per heavy atom. The highest BCUT2D eigenvalue weighted by atomic mass is 16.5. The molecule has 2 aromatic carbocycles. The number of carboxylic acid groups (broad SMARTS) is 1. The number of carbonyl (C=O) groups is 2. The number of carbonyl (C=O) groups excluding carboxylic acids is 1. The Bertz CT molecular complexity index is 850. The second kappa shape index (κ2) is 9.23. The van der Waals surface area contributed by atoms with Crippen molar-refractivity contribution in [3.8, 4) is 17.2 Å². The van der Waals surface area contributed by atoms with Crippen molar-refractivity contribution in [3.63, 3.8) is 0 Å². The number of hydrogen-bond donors (Lipinski definition) is 2. The van der Waals surface area contributed by atoms with Crippen LogP contribution in [-0.4, -0.2) is 43.5 Å². The van der Waals surface area contributed by atoms with Crippen molar-refractivity contribution in [1.82, 2.24) is 5.43 Å². The average molecular weight is 372 g/mol. The van der Waals surface area contributed by atoms with Crippen molar-refractivity contribution in [1.29, 1.82) is 0 Å². The zero-order chi connectivity index (χ0) is 19.8. The van der Waals surface area contributed by atoms with Gasteiger partial charge < -0.3 is 19.3 Å². The summed E-state index contributed by atoms with van der Waals surface area (Å²) in [6.07, 6.45) is 0.261. The van der Waals surface area contributed by atoms with Crippen LogP contribution < -0.4 is 19.6 Å². The molecule has 1 amide bonds. The number of para-hydroxylation sites is 2. The van der Waals surface area contributed by atoms with Gasteiger partial charge in [0, 0.05) is 5.56 Å². The normalized spacial score (nSPS) is 11.7. The molecule has 0 aliphatic heterocycles. The minimum Gasteiger partial charge on any atom is -0.496 e. The zero-order valence-corrected chi connectivity index (χ0v) is 15.1. The van der Waals surface area contributed by atoms with Crippen molar-refractivity contribution in [3.05, 3.63) is 53.6 Å². The van der Waals surface area contributed by atoms with Crippen LogP contribution in [0, 0.1) is 0 Å². The van der Waals surface area contributed by atoms with E-state index < -0.39 is 18.0 Å². The summed E-state index contributed by atoms with van der Waals surface area (Å²) in [5.74, 6) is -0.583. The van der Waals surface area contributed by atoms with E-state index in [0.29, 0.717) is 22.6 Å². The Balaban J connectivity index is 2.21. The van der Waals surface area contributed by atoms with Crippen LogP contribution in [-0.2, 0) is 4.79 Å². The van der Waals surface area contributed by atoms with E-state index in [1.54, 1.807) is 42.5 Å². The summed E-state index contributed by atoms with van der Waals surface area (Å²) in [6.45, 7) is 1.40. The van der Waals surface area contributed by atoms with E-state index in [2.05, 4.69) is 10.5 Å². The number of benzene rings is 2. The summed E-state index contributed by atoms with van der Waals surface area (Å²) in [6, 6.07) is 11.7. The summed E-state index contributed by atoms with van der Waals surface area (Å²) < 4.78 is 15.8. The number of amides is 1. The Hall–Kier alpha value is -3.55. The topological polar surface area (TPSA) is 106 Å². The van der Waals surface area contributed by atoms with Crippen molar-refractivity contribution in [2.45, 2.75) is 13.0 Å². The summed E-state index contributed by atoms with van der Waals surface area (Å²) in [4.78, 5) is 23.3. The fourth-order valence-corrected chi connectivity index (χ4v) is 2.20. The minimum absolute atomic E-state index is 0.213. The fourth-order valence-electron chi connectivity index (χ4n) is 2.20. The number of methoxy groups -OCH3 is 2. The number of nitrogens with one attached hydrogen (secondary N) is 1. The van der Waals surface area contributed by atoms with Crippen molar-refractivity contribution < 1.29 is 28.9 Å². The predicted octanol–water partition coefficient (Wildman–Crippen LogP) is 2.32. The smallest absolute Gasteiger partial charge is 0.344 e. The molecule has 0 radical (unpaired) electrons. The maximum absolute atomic E-state index is 12.3. The van der Waals surface area contributed by atoms with E-state index in [1.165, 1.54) is 27.4 Å². The third kappa shape index (κ3) is 4.97. The standard InChI is InChI=1S/C19H20N2O6/c1-12(19(23)24)27-17-13(7-6-10-16(17)26-3)11-20-21-18(22)14-8-4-5-9-15(14)25-2/h4-12H,1-3H3,(H,21,22)(H,23,24)/b20-11+. The van der Waals surface area contributed by atoms with Crippen LogP contribution in [0.4, 0.5) is 0 Å². The number of ether oxygens (including phenoxy) is 3. The number of carboxylic acids is 1. The lowest BCUT2D eigenvalue weighted by Gasteiger charge is -2.15. The molecular formula is C19H20N2O6. The Labute approximate surface area is 156 Å². The van der Waals surface area contributed by atoms with Crippen LogP contribution in [0.3, 0.4) is 0 Å². The molecule has 0 aliphatic rings. The summed E-state index contributed by atoms with van der Waals surface area (Å²) >= 11 is 0. The molecule has 0 heterocycles.